The van der Waals surface area contributed by atoms with E-state index in [1.165, 1.54) is 0 Å². The van der Waals surface area contributed by atoms with E-state index in [9.17, 15) is 10.1 Å². The first-order valence-corrected chi connectivity index (χ1v) is 15.0. The van der Waals surface area contributed by atoms with Crippen molar-refractivity contribution in [2.75, 3.05) is 0 Å². The van der Waals surface area contributed by atoms with Crippen molar-refractivity contribution in [3.8, 4) is 22.9 Å². The van der Waals surface area contributed by atoms with E-state index in [1.807, 2.05) is 0 Å². The fourth-order valence-corrected chi connectivity index (χ4v) is 3.04. The van der Waals surface area contributed by atoms with Crippen LogP contribution in [-0.4, -0.2) is 21.1 Å². The fraction of sp³-hybridized carbons (Fsp3) is 0.375. The van der Waals surface area contributed by atoms with Gasteiger partial charge in [-0.25, -0.2) is 0 Å². The molecule has 0 aromatic heterocycles. The summed E-state index contributed by atoms with van der Waals surface area (Å²) in [5.74, 6) is 6.11. The maximum atomic E-state index is 11.3. The van der Waals surface area contributed by atoms with Crippen LogP contribution in [0.25, 0.3) is 0 Å². The number of halogens is 1. The highest BCUT2D eigenvalue weighted by atomic mass is 127. The standard InChI is InChI=1S/C16H20INO2Si2/c1-21(2,3)9-7-13-12-16(18(19)20)14(11-15(13)17)8-10-22(4,5)6/h11-12H,1-6H3. The van der Waals surface area contributed by atoms with Gasteiger partial charge < -0.3 is 0 Å². The molecular formula is C16H20INO2Si2. The molecule has 0 saturated carbocycles. The predicted octanol–water partition coefficient (Wildman–Crippen LogP) is 4.66. The van der Waals surface area contributed by atoms with Crippen molar-refractivity contribution in [2.24, 2.45) is 0 Å². The second-order valence-corrected chi connectivity index (χ2v) is 17.8. The third kappa shape index (κ3) is 6.34. The Labute approximate surface area is 148 Å². The third-order valence-electron chi connectivity index (χ3n) is 2.43. The zero-order chi connectivity index (χ0) is 17.1. The smallest absolute Gasteiger partial charge is 0.258 e. The van der Waals surface area contributed by atoms with Crippen LogP contribution in [0.1, 0.15) is 11.1 Å². The van der Waals surface area contributed by atoms with Gasteiger partial charge in [-0.05, 0) is 28.7 Å². The number of hydrogen-bond acceptors (Lipinski definition) is 2. The van der Waals surface area contributed by atoms with Gasteiger partial charge in [0, 0.05) is 15.2 Å². The molecule has 0 amide bonds. The highest BCUT2D eigenvalue weighted by Crippen LogP contribution is 2.24. The van der Waals surface area contributed by atoms with Gasteiger partial charge in [0.1, 0.15) is 21.7 Å². The van der Waals surface area contributed by atoms with E-state index in [2.05, 4.69) is 84.8 Å². The lowest BCUT2D eigenvalue weighted by Gasteiger charge is -2.06. The SMILES string of the molecule is C[Si](C)(C)C#Cc1cc([N+](=O)[O-])c(C#C[Si](C)(C)C)cc1I. The molecule has 116 valence electrons. The largest absolute Gasteiger partial charge is 0.286 e. The number of rotatable bonds is 1. The Morgan fingerprint density at radius 3 is 1.82 bits per heavy atom. The summed E-state index contributed by atoms with van der Waals surface area (Å²) in [4.78, 5) is 10.9. The number of benzene rings is 1. The van der Waals surface area contributed by atoms with Crippen molar-refractivity contribution >= 4 is 44.4 Å². The Balaban J connectivity index is 3.44. The van der Waals surface area contributed by atoms with Gasteiger partial charge >= 0.3 is 0 Å². The van der Waals surface area contributed by atoms with E-state index in [4.69, 9.17) is 0 Å². The summed E-state index contributed by atoms with van der Waals surface area (Å²) in [6.45, 7) is 12.8. The van der Waals surface area contributed by atoms with Gasteiger partial charge in [-0.3, -0.25) is 10.1 Å². The lowest BCUT2D eigenvalue weighted by atomic mass is 10.1. The zero-order valence-corrected chi connectivity index (χ0v) is 18.0. The summed E-state index contributed by atoms with van der Waals surface area (Å²) >= 11 is 2.17. The highest BCUT2D eigenvalue weighted by molar-refractivity contribution is 14.1. The van der Waals surface area contributed by atoms with Gasteiger partial charge in [-0.1, -0.05) is 51.1 Å². The van der Waals surface area contributed by atoms with Crippen LogP contribution in [0.3, 0.4) is 0 Å². The average molecular weight is 441 g/mol. The molecule has 0 N–H and O–H groups in total. The fourth-order valence-electron chi connectivity index (χ4n) is 1.42. The second-order valence-electron chi connectivity index (χ2n) is 7.11. The van der Waals surface area contributed by atoms with Crippen LogP contribution >= 0.6 is 22.6 Å². The van der Waals surface area contributed by atoms with Crippen molar-refractivity contribution in [1.82, 2.24) is 0 Å². The molecule has 0 bridgehead atoms. The Bertz CT molecular complexity index is 723. The van der Waals surface area contributed by atoms with Crippen molar-refractivity contribution in [3.63, 3.8) is 0 Å². The molecule has 22 heavy (non-hydrogen) atoms. The number of nitro benzene ring substituents is 1. The Morgan fingerprint density at radius 2 is 1.41 bits per heavy atom. The minimum atomic E-state index is -1.58. The Hall–Kier alpha value is -1.10. The van der Waals surface area contributed by atoms with Crippen LogP contribution < -0.4 is 0 Å². The van der Waals surface area contributed by atoms with Crippen LogP contribution in [0.15, 0.2) is 12.1 Å². The second kappa shape index (κ2) is 6.99. The molecule has 6 heteroatoms. The first-order valence-electron chi connectivity index (χ1n) is 6.93. The third-order valence-corrected chi connectivity index (χ3v) is 5.07. The minimum Gasteiger partial charge on any atom is -0.258 e. The van der Waals surface area contributed by atoms with Crippen LogP contribution in [0.4, 0.5) is 5.69 Å². The molecule has 0 aliphatic heterocycles. The molecular weight excluding hydrogens is 421 g/mol. The molecule has 0 unspecified atom stereocenters. The van der Waals surface area contributed by atoms with Crippen molar-refractivity contribution in [3.05, 3.63) is 36.9 Å². The van der Waals surface area contributed by atoms with Gasteiger partial charge in [-0.15, -0.1) is 11.1 Å². The van der Waals surface area contributed by atoms with Gasteiger partial charge in [0.25, 0.3) is 5.69 Å². The Kier molecular flexibility index (Phi) is 6.02. The minimum absolute atomic E-state index is 0.0473. The number of nitro groups is 1. The normalized spacial score (nSPS) is 11.0. The van der Waals surface area contributed by atoms with E-state index in [-0.39, 0.29) is 10.6 Å². The molecule has 0 saturated heterocycles. The summed E-state index contributed by atoms with van der Waals surface area (Å²) in [6, 6.07) is 3.34. The molecule has 0 heterocycles. The lowest BCUT2D eigenvalue weighted by molar-refractivity contribution is -0.385. The maximum Gasteiger partial charge on any atom is 0.286 e. The maximum absolute atomic E-state index is 11.3. The molecule has 0 aliphatic rings. The summed E-state index contributed by atoms with van der Waals surface area (Å²) in [5, 5.41) is 11.3. The van der Waals surface area contributed by atoms with E-state index in [0.717, 1.165) is 3.57 Å². The van der Waals surface area contributed by atoms with E-state index in [1.54, 1.807) is 12.1 Å². The van der Waals surface area contributed by atoms with Crippen molar-refractivity contribution < 1.29 is 4.92 Å². The molecule has 3 nitrogen and oxygen atoms in total. The quantitative estimate of drug-likeness (QED) is 0.209. The molecule has 1 rings (SSSR count). The molecule has 0 radical (unpaired) electrons. The van der Waals surface area contributed by atoms with Crippen LogP contribution in [0.5, 0.6) is 0 Å². The molecule has 1 aromatic rings. The highest BCUT2D eigenvalue weighted by Gasteiger charge is 2.17. The van der Waals surface area contributed by atoms with Crippen LogP contribution in [0.2, 0.25) is 39.3 Å². The first-order chi connectivity index (χ1) is 9.89. The Morgan fingerprint density at radius 1 is 0.955 bits per heavy atom. The summed E-state index contributed by atoms with van der Waals surface area (Å²) in [5.41, 5.74) is 7.69. The monoisotopic (exact) mass is 441 g/mol. The van der Waals surface area contributed by atoms with Gasteiger partial charge in [0.15, 0.2) is 0 Å². The van der Waals surface area contributed by atoms with E-state index in [0.29, 0.717) is 11.1 Å². The molecule has 0 fully saturated rings. The summed E-state index contributed by atoms with van der Waals surface area (Å²) < 4.78 is 0.911. The van der Waals surface area contributed by atoms with E-state index >= 15 is 0 Å². The van der Waals surface area contributed by atoms with Crippen molar-refractivity contribution in [2.45, 2.75) is 39.3 Å². The van der Waals surface area contributed by atoms with Gasteiger partial charge in [0.2, 0.25) is 0 Å². The molecule has 1 aromatic carbocycles. The van der Waals surface area contributed by atoms with Crippen LogP contribution in [-0.2, 0) is 0 Å². The molecule has 0 atom stereocenters. The van der Waals surface area contributed by atoms with E-state index < -0.39 is 16.1 Å². The van der Waals surface area contributed by atoms with Crippen LogP contribution in [0, 0.1) is 36.6 Å². The van der Waals surface area contributed by atoms with Crippen molar-refractivity contribution in [1.29, 1.82) is 0 Å². The summed E-state index contributed by atoms with van der Waals surface area (Å²) in [6.07, 6.45) is 0. The topological polar surface area (TPSA) is 43.1 Å². The summed E-state index contributed by atoms with van der Waals surface area (Å²) in [7, 11) is -3.10. The average Bonchev–Trinajstić information content (AvgIpc) is 2.32. The van der Waals surface area contributed by atoms with Gasteiger partial charge in [0.05, 0.1) is 4.92 Å². The molecule has 0 aliphatic carbocycles. The number of hydrogen-bond donors (Lipinski definition) is 0. The first kappa shape index (κ1) is 19.0. The predicted molar refractivity (Wildman–Crippen MR) is 106 cm³/mol. The van der Waals surface area contributed by atoms with Gasteiger partial charge in [-0.2, -0.15) is 0 Å². The molecule has 0 spiro atoms. The zero-order valence-electron chi connectivity index (χ0n) is 13.8. The lowest BCUT2D eigenvalue weighted by Crippen LogP contribution is -2.16. The number of nitrogens with zero attached hydrogens (tertiary/aromatic N) is 1.